The first-order valence-electron chi connectivity index (χ1n) is 5.91. The van der Waals surface area contributed by atoms with E-state index in [1.165, 1.54) is 7.11 Å². The topological polar surface area (TPSA) is 74.4 Å². The molecule has 0 saturated carbocycles. The van der Waals surface area contributed by atoms with Gasteiger partial charge in [0, 0.05) is 38.6 Å². The third-order valence-corrected chi connectivity index (χ3v) is 3.00. The molecule has 1 saturated heterocycles. The molecule has 1 aromatic heterocycles. The van der Waals surface area contributed by atoms with E-state index in [1.807, 2.05) is 0 Å². The minimum absolute atomic E-state index is 0.0215. The zero-order valence-corrected chi connectivity index (χ0v) is 10.3. The van der Waals surface area contributed by atoms with Crippen molar-refractivity contribution in [3.8, 4) is 0 Å². The molecule has 0 spiro atoms. The van der Waals surface area contributed by atoms with E-state index < -0.39 is 0 Å². The second kappa shape index (κ2) is 5.68. The largest absolute Gasteiger partial charge is 0.375 e. The van der Waals surface area contributed by atoms with Gasteiger partial charge in [0.1, 0.15) is 6.61 Å². The summed E-state index contributed by atoms with van der Waals surface area (Å²) in [6, 6.07) is 1.74. The molecule has 0 radical (unpaired) electrons. The van der Waals surface area contributed by atoms with E-state index >= 15 is 0 Å². The molecule has 6 nitrogen and oxygen atoms in total. The molecule has 2 N–H and O–H groups in total. The molecular weight excluding hydrogens is 234 g/mol. The molecule has 2 heterocycles. The lowest BCUT2D eigenvalue weighted by Gasteiger charge is -2.16. The summed E-state index contributed by atoms with van der Waals surface area (Å²) in [5, 5.41) is 2.91. The van der Waals surface area contributed by atoms with Gasteiger partial charge in [-0.25, -0.2) is 0 Å². The molecule has 1 fully saturated rings. The number of amides is 2. The van der Waals surface area contributed by atoms with Crippen LogP contribution in [0.15, 0.2) is 18.5 Å². The number of aromatic amines is 1. The first-order chi connectivity index (χ1) is 8.70. The molecule has 0 bridgehead atoms. The fourth-order valence-electron chi connectivity index (χ4n) is 2.05. The van der Waals surface area contributed by atoms with Crippen molar-refractivity contribution in [1.29, 1.82) is 0 Å². The summed E-state index contributed by atoms with van der Waals surface area (Å²) in [5.74, 6) is -0.141. The molecule has 6 heteroatoms. The predicted molar refractivity (Wildman–Crippen MR) is 65.1 cm³/mol. The predicted octanol–water partition coefficient (Wildman–Crippen LogP) is -0.00820. The highest BCUT2D eigenvalue weighted by Gasteiger charge is 2.27. The zero-order valence-electron chi connectivity index (χ0n) is 10.3. The molecule has 2 rings (SSSR count). The van der Waals surface area contributed by atoms with Crippen LogP contribution in [0.2, 0.25) is 0 Å². The highest BCUT2D eigenvalue weighted by atomic mass is 16.5. The standard InChI is InChI=1S/C12H17N3O3/c1-18-8-11(16)15-5-3-10(7-15)14-12(17)9-2-4-13-6-9/h2,4,6,10,13H,3,5,7-8H2,1H3,(H,14,17)/t10-/m0/s1. The lowest BCUT2D eigenvalue weighted by Crippen LogP contribution is -2.39. The van der Waals surface area contributed by atoms with Crippen LogP contribution in [-0.4, -0.2) is 54.5 Å². The molecule has 1 atom stereocenters. The Labute approximate surface area is 105 Å². The van der Waals surface area contributed by atoms with Gasteiger partial charge in [-0.3, -0.25) is 9.59 Å². The van der Waals surface area contributed by atoms with Crippen molar-refractivity contribution in [2.75, 3.05) is 26.8 Å². The summed E-state index contributed by atoms with van der Waals surface area (Å²) < 4.78 is 4.81. The fourth-order valence-corrected chi connectivity index (χ4v) is 2.05. The summed E-state index contributed by atoms with van der Waals surface area (Å²) >= 11 is 0. The maximum Gasteiger partial charge on any atom is 0.253 e. The average Bonchev–Trinajstić information content (AvgIpc) is 2.99. The first kappa shape index (κ1) is 12.6. The van der Waals surface area contributed by atoms with Crippen LogP contribution in [0.1, 0.15) is 16.8 Å². The van der Waals surface area contributed by atoms with Crippen molar-refractivity contribution in [3.63, 3.8) is 0 Å². The Kier molecular flexibility index (Phi) is 3.99. The summed E-state index contributed by atoms with van der Waals surface area (Å²) in [6.07, 6.45) is 4.14. The van der Waals surface area contributed by atoms with E-state index in [9.17, 15) is 9.59 Å². The number of carbonyl (C=O) groups is 2. The number of rotatable bonds is 4. The highest BCUT2D eigenvalue weighted by molar-refractivity contribution is 5.94. The Morgan fingerprint density at radius 3 is 3.11 bits per heavy atom. The van der Waals surface area contributed by atoms with Gasteiger partial charge in [0.25, 0.3) is 5.91 Å². The first-order valence-corrected chi connectivity index (χ1v) is 5.91. The van der Waals surface area contributed by atoms with Crippen LogP contribution in [0, 0.1) is 0 Å². The summed E-state index contributed by atoms with van der Waals surface area (Å²) in [5.41, 5.74) is 0.608. The van der Waals surface area contributed by atoms with Crippen molar-refractivity contribution >= 4 is 11.8 Å². The number of hydrogen-bond acceptors (Lipinski definition) is 3. The maximum absolute atomic E-state index is 11.8. The van der Waals surface area contributed by atoms with Gasteiger partial charge in [0.2, 0.25) is 5.91 Å². The van der Waals surface area contributed by atoms with Crippen LogP contribution < -0.4 is 5.32 Å². The Morgan fingerprint density at radius 1 is 1.61 bits per heavy atom. The molecule has 18 heavy (non-hydrogen) atoms. The van der Waals surface area contributed by atoms with Gasteiger partial charge < -0.3 is 19.9 Å². The van der Waals surface area contributed by atoms with Gasteiger partial charge in [-0.15, -0.1) is 0 Å². The van der Waals surface area contributed by atoms with Crippen LogP contribution >= 0.6 is 0 Å². The van der Waals surface area contributed by atoms with Crippen molar-refractivity contribution < 1.29 is 14.3 Å². The molecule has 0 unspecified atom stereocenters. The van der Waals surface area contributed by atoms with Gasteiger partial charge >= 0.3 is 0 Å². The minimum atomic E-state index is -0.109. The molecule has 1 aliphatic rings. The van der Waals surface area contributed by atoms with E-state index in [0.29, 0.717) is 18.7 Å². The number of aromatic nitrogens is 1. The van der Waals surface area contributed by atoms with Gasteiger partial charge in [0.05, 0.1) is 5.56 Å². The summed E-state index contributed by atoms with van der Waals surface area (Å²) in [6.45, 7) is 1.32. The van der Waals surface area contributed by atoms with E-state index in [0.717, 1.165) is 6.42 Å². The quantitative estimate of drug-likeness (QED) is 0.790. The van der Waals surface area contributed by atoms with Gasteiger partial charge in [-0.2, -0.15) is 0 Å². The summed E-state index contributed by atoms with van der Waals surface area (Å²) in [7, 11) is 1.50. The third-order valence-electron chi connectivity index (χ3n) is 3.00. The number of likely N-dealkylation sites (tertiary alicyclic amines) is 1. The van der Waals surface area contributed by atoms with Crippen molar-refractivity contribution in [1.82, 2.24) is 15.2 Å². The van der Waals surface area contributed by atoms with Crippen LogP contribution in [0.3, 0.4) is 0 Å². The Morgan fingerprint density at radius 2 is 2.44 bits per heavy atom. The van der Waals surface area contributed by atoms with E-state index in [2.05, 4.69) is 10.3 Å². The molecule has 0 aliphatic carbocycles. The Balaban J connectivity index is 1.83. The van der Waals surface area contributed by atoms with Crippen LogP contribution in [0.25, 0.3) is 0 Å². The van der Waals surface area contributed by atoms with Gasteiger partial charge in [-0.05, 0) is 12.5 Å². The second-order valence-electron chi connectivity index (χ2n) is 4.33. The Bertz CT molecular complexity index is 416. The number of ether oxygens (including phenoxy) is 1. The number of carbonyl (C=O) groups excluding carboxylic acids is 2. The lowest BCUT2D eigenvalue weighted by molar-refractivity contribution is -0.134. The number of nitrogens with zero attached hydrogens (tertiary/aromatic N) is 1. The highest BCUT2D eigenvalue weighted by Crippen LogP contribution is 2.10. The molecule has 1 aromatic rings. The van der Waals surface area contributed by atoms with Gasteiger partial charge in [0.15, 0.2) is 0 Å². The average molecular weight is 251 g/mol. The summed E-state index contributed by atoms with van der Waals surface area (Å²) in [4.78, 5) is 27.9. The number of hydrogen-bond donors (Lipinski definition) is 2. The van der Waals surface area contributed by atoms with Crippen molar-refractivity contribution in [2.24, 2.45) is 0 Å². The fraction of sp³-hybridized carbons (Fsp3) is 0.500. The zero-order chi connectivity index (χ0) is 13.0. The number of methoxy groups -OCH3 is 1. The number of nitrogens with one attached hydrogen (secondary N) is 2. The smallest absolute Gasteiger partial charge is 0.253 e. The van der Waals surface area contributed by atoms with Crippen molar-refractivity contribution in [3.05, 3.63) is 24.0 Å². The molecule has 1 aliphatic heterocycles. The third kappa shape index (κ3) is 2.89. The van der Waals surface area contributed by atoms with E-state index in [4.69, 9.17) is 4.74 Å². The van der Waals surface area contributed by atoms with Gasteiger partial charge in [-0.1, -0.05) is 0 Å². The molecular formula is C12H17N3O3. The van der Waals surface area contributed by atoms with Crippen LogP contribution in [0.4, 0.5) is 0 Å². The molecule has 2 amide bonds. The van der Waals surface area contributed by atoms with Crippen molar-refractivity contribution in [2.45, 2.75) is 12.5 Å². The lowest BCUT2D eigenvalue weighted by atomic mass is 10.2. The maximum atomic E-state index is 11.8. The second-order valence-corrected chi connectivity index (χ2v) is 4.33. The Hall–Kier alpha value is -1.82. The van der Waals surface area contributed by atoms with E-state index in [1.54, 1.807) is 23.4 Å². The molecule has 98 valence electrons. The molecule has 0 aromatic carbocycles. The van der Waals surface area contributed by atoms with Crippen LogP contribution in [-0.2, 0) is 9.53 Å². The minimum Gasteiger partial charge on any atom is -0.375 e. The SMILES string of the molecule is COCC(=O)N1CC[C@H](NC(=O)c2cc[nH]c2)C1. The normalized spacial score (nSPS) is 18.9. The van der Waals surface area contributed by atoms with Crippen LogP contribution in [0.5, 0.6) is 0 Å². The number of H-pyrrole nitrogens is 1. The monoisotopic (exact) mass is 251 g/mol. The van der Waals surface area contributed by atoms with E-state index in [-0.39, 0.29) is 24.5 Å².